The second-order valence-electron chi connectivity index (χ2n) is 4.36. The number of unbranched alkanes of at least 4 members (excludes halogenated alkanes) is 2. The third-order valence-corrected chi connectivity index (χ3v) is 2.82. The van der Waals surface area contributed by atoms with Crippen LogP contribution in [0.5, 0.6) is 17.2 Å². The molecule has 5 nitrogen and oxygen atoms in total. The highest BCUT2D eigenvalue weighted by atomic mass is 16.7. The van der Waals surface area contributed by atoms with Gasteiger partial charge in [0.2, 0.25) is 6.79 Å². The summed E-state index contributed by atoms with van der Waals surface area (Å²) >= 11 is 0. The van der Waals surface area contributed by atoms with Crippen LogP contribution in [0.25, 0.3) is 0 Å². The maximum atomic E-state index is 11.5. The average molecular weight is 265 g/mol. The molecule has 0 saturated heterocycles. The summed E-state index contributed by atoms with van der Waals surface area (Å²) < 4.78 is 15.8. The van der Waals surface area contributed by atoms with Crippen LogP contribution >= 0.6 is 0 Å². The molecule has 104 valence electrons. The maximum Gasteiger partial charge on any atom is 0.257 e. The highest BCUT2D eigenvalue weighted by Crippen LogP contribution is 2.34. The van der Waals surface area contributed by atoms with Crippen LogP contribution in [0.4, 0.5) is 0 Å². The van der Waals surface area contributed by atoms with Crippen LogP contribution in [0.3, 0.4) is 0 Å². The first-order valence-electron chi connectivity index (χ1n) is 6.58. The van der Waals surface area contributed by atoms with Crippen molar-refractivity contribution < 1.29 is 19.0 Å². The number of nitrogens with one attached hydrogen (secondary N) is 1. The molecule has 2 rings (SSSR count). The van der Waals surface area contributed by atoms with Gasteiger partial charge < -0.3 is 19.5 Å². The predicted octanol–water partition coefficient (Wildman–Crippen LogP) is 2.10. The molecule has 1 N–H and O–H groups in total. The number of ether oxygens (including phenoxy) is 3. The number of carbonyl (C=O) groups excluding carboxylic acids is 1. The van der Waals surface area contributed by atoms with Gasteiger partial charge in [-0.05, 0) is 18.6 Å². The molecule has 1 amide bonds. The Morgan fingerprint density at radius 1 is 1.32 bits per heavy atom. The van der Waals surface area contributed by atoms with Gasteiger partial charge in [-0.1, -0.05) is 19.8 Å². The monoisotopic (exact) mass is 265 g/mol. The van der Waals surface area contributed by atoms with Gasteiger partial charge in [-0.2, -0.15) is 0 Å². The Balaban J connectivity index is 1.71. The third-order valence-electron chi connectivity index (χ3n) is 2.82. The van der Waals surface area contributed by atoms with E-state index in [0.717, 1.165) is 19.3 Å². The summed E-state index contributed by atoms with van der Waals surface area (Å²) in [6.45, 7) is 3.09. The molecule has 0 unspecified atom stereocenters. The van der Waals surface area contributed by atoms with Crippen molar-refractivity contribution in [1.82, 2.24) is 5.32 Å². The van der Waals surface area contributed by atoms with Gasteiger partial charge in [-0.25, -0.2) is 0 Å². The highest BCUT2D eigenvalue weighted by Gasteiger charge is 2.14. The fraction of sp³-hybridized carbons (Fsp3) is 0.500. The van der Waals surface area contributed by atoms with Gasteiger partial charge in [-0.3, -0.25) is 4.79 Å². The molecule has 0 spiro atoms. The second-order valence-corrected chi connectivity index (χ2v) is 4.36. The van der Waals surface area contributed by atoms with Crippen molar-refractivity contribution in [2.75, 3.05) is 19.9 Å². The SMILES string of the molecule is CCCCCNC(=O)COc1ccc2c(c1)OCO2. The van der Waals surface area contributed by atoms with Crippen molar-refractivity contribution in [2.45, 2.75) is 26.2 Å². The molecule has 5 heteroatoms. The lowest BCUT2D eigenvalue weighted by Crippen LogP contribution is -2.29. The van der Waals surface area contributed by atoms with Crippen LogP contribution in [0.15, 0.2) is 18.2 Å². The minimum atomic E-state index is -0.103. The normalized spacial score (nSPS) is 12.3. The third kappa shape index (κ3) is 4.05. The van der Waals surface area contributed by atoms with Crippen LogP contribution in [-0.2, 0) is 4.79 Å². The van der Waals surface area contributed by atoms with Gasteiger partial charge >= 0.3 is 0 Å². The Morgan fingerprint density at radius 2 is 2.16 bits per heavy atom. The highest BCUT2D eigenvalue weighted by molar-refractivity contribution is 5.77. The first kappa shape index (κ1) is 13.5. The van der Waals surface area contributed by atoms with Crippen molar-refractivity contribution in [3.05, 3.63) is 18.2 Å². The Hall–Kier alpha value is -1.91. The number of fused-ring (bicyclic) bond motifs is 1. The van der Waals surface area contributed by atoms with Crippen LogP contribution < -0.4 is 19.5 Å². The Morgan fingerprint density at radius 3 is 3.00 bits per heavy atom. The van der Waals surface area contributed by atoms with Crippen molar-refractivity contribution in [3.8, 4) is 17.2 Å². The van der Waals surface area contributed by atoms with Gasteiger partial charge in [-0.15, -0.1) is 0 Å². The number of carbonyl (C=O) groups is 1. The van der Waals surface area contributed by atoms with Crippen molar-refractivity contribution in [2.24, 2.45) is 0 Å². The smallest absolute Gasteiger partial charge is 0.257 e. The van der Waals surface area contributed by atoms with E-state index >= 15 is 0 Å². The first-order valence-corrected chi connectivity index (χ1v) is 6.58. The molecule has 0 bridgehead atoms. The molecule has 1 heterocycles. The minimum absolute atomic E-state index is 0.0196. The topological polar surface area (TPSA) is 56.8 Å². The second kappa shape index (κ2) is 6.87. The Kier molecular flexibility index (Phi) is 4.89. The summed E-state index contributed by atoms with van der Waals surface area (Å²) in [5.41, 5.74) is 0. The van der Waals surface area contributed by atoms with Gasteiger partial charge in [0, 0.05) is 12.6 Å². The van der Waals surface area contributed by atoms with Crippen molar-refractivity contribution >= 4 is 5.91 Å². The number of rotatable bonds is 7. The zero-order valence-corrected chi connectivity index (χ0v) is 11.1. The van der Waals surface area contributed by atoms with Crippen LogP contribution in [0, 0.1) is 0 Å². The fourth-order valence-corrected chi connectivity index (χ4v) is 1.77. The summed E-state index contributed by atoms with van der Waals surface area (Å²) in [6.07, 6.45) is 3.28. The van der Waals surface area contributed by atoms with E-state index in [2.05, 4.69) is 12.2 Å². The number of hydrogen-bond acceptors (Lipinski definition) is 4. The van der Waals surface area contributed by atoms with Crippen LogP contribution in [0.2, 0.25) is 0 Å². The molecular weight excluding hydrogens is 246 g/mol. The summed E-state index contributed by atoms with van der Waals surface area (Å²) in [5.74, 6) is 1.86. The van der Waals surface area contributed by atoms with Crippen molar-refractivity contribution in [1.29, 1.82) is 0 Å². The zero-order valence-electron chi connectivity index (χ0n) is 11.1. The Labute approximate surface area is 112 Å². The van der Waals surface area contributed by atoms with Gasteiger partial charge in [0.25, 0.3) is 5.91 Å². The molecule has 1 aliphatic heterocycles. The molecule has 0 radical (unpaired) electrons. The van der Waals surface area contributed by atoms with Gasteiger partial charge in [0.05, 0.1) is 0 Å². The lowest BCUT2D eigenvalue weighted by Gasteiger charge is -2.07. The maximum absolute atomic E-state index is 11.5. The van der Waals surface area contributed by atoms with E-state index in [1.54, 1.807) is 18.2 Å². The average Bonchev–Trinajstić information content (AvgIpc) is 2.89. The fourth-order valence-electron chi connectivity index (χ4n) is 1.77. The predicted molar refractivity (Wildman–Crippen MR) is 70.6 cm³/mol. The molecular formula is C14H19NO4. The van der Waals surface area contributed by atoms with Gasteiger partial charge in [0.15, 0.2) is 18.1 Å². The zero-order chi connectivity index (χ0) is 13.5. The molecule has 0 aromatic heterocycles. The van der Waals surface area contributed by atoms with Crippen molar-refractivity contribution in [3.63, 3.8) is 0 Å². The van der Waals surface area contributed by atoms with Gasteiger partial charge in [0.1, 0.15) is 5.75 Å². The molecule has 19 heavy (non-hydrogen) atoms. The lowest BCUT2D eigenvalue weighted by molar-refractivity contribution is -0.123. The Bertz CT molecular complexity index is 433. The molecule has 1 aromatic rings. The molecule has 0 atom stereocenters. The summed E-state index contributed by atoms with van der Waals surface area (Å²) in [6, 6.07) is 5.27. The molecule has 0 aliphatic carbocycles. The van der Waals surface area contributed by atoms with Crippen LogP contribution in [0.1, 0.15) is 26.2 Å². The van der Waals surface area contributed by atoms with Crippen LogP contribution in [-0.4, -0.2) is 25.9 Å². The molecule has 1 aliphatic rings. The molecule has 1 aromatic carbocycles. The van der Waals surface area contributed by atoms with E-state index in [0.29, 0.717) is 23.8 Å². The largest absolute Gasteiger partial charge is 0.484 e. The van der Waals surface area contributed by atoms with E-state index in [-0.39, 0.29) is 19.3 Å². The summed E-state index contributed by atoms with van der Waals surface area (Å²) in [4.78, 5) is 11.5. The standard InChI is InChI=1S/C14H19NO4/c1-2-3-4-7-15-14(16)9-17-11-5-6-12-13(8-11)19-10-18-12/h5-6,8H,2-4,7,9-10H2,1H3,(H,15,16). The number of benzene rings is 1. The number of hydrogen-bond donors (Lipinski definition) is 1. The van der Waals surface area contributed by atoms with E-state index in [1.807, 2.05) is 0 Å². The molecule has 0 fully saturated rings. The number of amides is 1. The first-order chi connectivity index (χ1) is 9.29. The lowest BCUT2D eigenvalue weighted by atomic mass is 10.2. The van der Waals surface area contributed by atoms with E-state index in [4.69, 9.17) is 14.2 Å². The minimum Gasteiger partial charge on any atom is -0.484 e. The van der Waals surface area contributed by atoms with E-state index in [1.165, 1.54) is 0 Å². The summed E-state index contributed by atoms with van der Waals surface area (Å²) in [5, 5.41) is 2.82. The molecule has 0 saturated carbocycles. The van der Waals surface area contributed by atoms with E-state index < -0.39 is 0 Å². The quantitative estimate of drug-likeness (QED) is 0.767. The summed E-state index contributed by atoms with van der Waals surface area (Å²) in [7, 11) is 0. The van der Waals surface area contributed by atoms with E-state index in [9.17, 15) is 4.79 Å².